The maximum Gasteiger partial charge on any atom is 0.258 e. The monoisotopic (exact) mass is 390 g/mol. The Labute approximate surface area is 165 Å². The van der Waals surface area contributed by atoms with E-state index in [1.54, 1.807) is 42.7 Å². The molecule has 0 fully saturated rings. The van der Waals surface area contributed by atoms with Crippen molar-refractivity contribution in [3.63, 3.8) is 0 Å². The van der Waals surface area contributed by atoms with Gasteiger partial charge in [0.05, 0.1) is 17.4 Å². The average molecular weight is 390 g/mol. The molecule has 4 rings (SSSR count). The van der Waals surface area contributed by atoms with Gasteiger partial charge in [0, 0.05) is 30.8 Å². The molecular formula is C20H18N6O3. The van der Waals surface area contributed by atoms with Crippen molar-refractivity contribution in [3.8, 4) is 11.4 Å². The van der Waals surface area contributed by atoms with Crippen LogP contribution in [0.5, 0.6) is 0 Å². The SMILES string of the molecule is O=C(CCCc1nc2ccccc2c(=O)[nH]1)NCc1nc(-c2ccncc2)no1. The summed E-state index contributed by atoms with van der Waals surface area (Å²) in [5.41, 5.74) is 1.27. The highest BCUT2D eigenvalue weighted by molar-refractivity contribution is 5.77. The summed E-state index contributed by atoms with van der Waals surface area (Å²) >= 11 is 0. The van der Waals surface area contributed by atoms with E-state index < -0.39 is 0 Å². The van der Waals surface area contributed by atoms with E-state index in [-0.39, 0.29) is 18.0 Å². The van der Waals surface area contributed by atoms with E-state index in [4.69, 9.17) is 4.52 Å². The van der Waals surface area contributed by atoms with Gasteiger partial charge in [-0.15, -0.1) is 0 Å². The first-order valence-electron chi connectivity index (χ1n) is 9.16. The zero-order valence-electron chi connectivity index (χ0n) is 15.5. The number of carbonyl (C=O) groups is 1. The molecule has 3 aromatic heterocycles. The fourth-order valence-electron chi connectivity index (χ4n) is 2.88. The van der Waals surface area contributed by atoms with Crippen molar-refractivity contribution in [2.75, 3.05) is 0 Å². The first kappa shape index (κ1) is 18.5. The Morgan fingerprint density at radius 2 is 1.93 bits per heavy atom. The lowest BCUT2D eigenvalue weighted by Crippen LogP contribution is -2.23. The number of amides is 1. The number of nitrogens with one attached hydrogen (secondary N) is 2. The third-order valence-corrected chi connectivity index (χ3v) is 4.32. The molecule has 0 atom stereocenters. The van der Waals surface area contributed by atoms with E-state index in [9.17, 15) is 9.59 Å². The van der Waals surface area contributed by atoms with Crippen molar-refractivity contribution in [2.45, 2.75) is 25.8 Å². The topological polar surface area (TPSA) is 127 Å². The zero-order chi connectivity index (χ0) is 20.1. The van der Waals surface area contributed by atoms with Crippen LogP contribution >= 0.6 is 0 Å². The molecule has 0 unspecified atom stereocenters. The summed E-state index contributed by atoms with van der Waals surface area (Å²) in [4.78, 5) is 39.5. The molecule has 1 aromatic carbocycles. The number of hydrogen-bond acceptors (Lipinski definition) is 7. The number of para-hydroxylation sites is 1. The highest BCUT2D eigenvalue weighted by Crippen LogP contribution is 2.13. The maximum absolute atomic E-state index is 12.1. The van der Waals surface area contributed by atoms with Crippen LogP contribution in [-0.2, 0) is 17.8 Å². The van der Waals surface area contributed by atoms with E-state index in [0.717, 1.165) is 5.56 Å². The van der Waals surface area contributed by atoms with Gasteiger partial charge in [0.2, 0.25) is 17.6 Å². The molecule has 0 saturated carbocycles. The molecule has 0 saturated heterocycles. The predicted molar refractivity (Wildman–Crippen MR) is 105 cm³/mol. The summed E-state index contributed by atoms with van der Waals surface area (Å²) in [6.07, 6.45) is 4.64. The van der Waals surface area contributed by atoms with Crippen LogP contribution in [0.3, 0.4) is 0 Å². The van der Waals surface area contributed by atoms with Crippen LogP contribution in [0.4, 0.5) is 0 Å². The van der Waals surface area contributed by atoms with E-state index in [1.807, 2.05) is 6.07 Å². The summed E-state index contributed by atoms with van der Waals surface area (Å²) in [6.45, 7) is 0.155. The van der Waals surface area contributed by atoms with Gasteiger partial charge in [-0.3, -0.25) is 14.6 Å². The summed E-state index contributed by atoms with van der Waals surface area (Å²) in [5.74, 6) is 1.20. The Balaban J connectivity index is 1.27. The minimum Gasteiger partial charge on any atom is -0.347 e. The first-order chi connectivity index (χ1) is 14.2. The lowest BCUT2D eigenvalue weighted by atomic mass is 10.2. The average Bonchev–Trinajstić information content (AvgIpc) is 3.22. The highest BCUT2D eigenvalue weighted by Gasteiger charge is 2.10. The second-order valence-electron chi connectivity index (χ2n) is 6.41. The first-order valence-corrected chi connectivity index (χ1v) is 9.16. The van der Waals surface area contributed by atoms with Gasteiger partial charge in [-0.1, -0.05) is 17.3 Å². The van der Waals surface area contributed by atoms with Crippen LogP contribution < -0.4 is 10.9 Å². The molecule has 146 valence electrons. The number of H-pyrrole nitrogens is 1. The van der Waals surface area contributed by atoms with E-state index in [0.29, 0.717) is 47.7 Å². The Kier molecular flexibility index (Phi) is 5.37. The van der Waals surface area contributed by atoms with Crippen molar-refractivity contribution in [3.05, 3.63) is 70.9 Å². The number of rotatable bonds is 7. The second kappa shape index (κ2) is 8.42. The lowest BCUT2D eigenvalue weighted by molar-refractivity contribution is -0.121. The Morgan fingerprint density at radius 1 is 1.10 bits per heavy atom. The summed E-state index contributed by atoms with van der Waals surface area (Å²) in [6, 6.07) is 10.7. The number of benzene rings is 1. The van der Waals surface area contributed by atoms with Crippen LogP contribution in [0.25, 0.3) is 22.3 Å². The Hall–Kier alpha value is -3.88. The fraction of sp³-hybridized carbons (Fsp3) is 0.200. The van der Waals surface area contributed by atoms with E-state index in [1.165, 1.54) is 0 Å². The number of aryl methyl sites for hydroxylation is 1. The minimum atomic E-state index is -0.170. The molecule has 9 heteroatoms. The van der Waals surface area contributed by atoms with Crippen molar-refractivity contribution >= 4 is 16.8 Å². The van der Waals surface area contributed by atoms with Gasteiger partial charge in [-0.2, -0.15) is 4.98 Å². The Morgan fingerprint density at radius 3 is 2.79 bits per heavy atom. The molecule has 2 N–H and O–H groups in total. The molecule has 29 heavy (non-hydrogen) atoms. The number of aromatic amines is 1. The van der Waals surface area contributed by atoms with Gasteiger partial charge in [0.25, 0.3) is 5.56 Å². The van der Waals surface area contributed by atoms with Gasteiger partial charge in [0.15, 0.2) is 0 Å². The van der Waals surface area contributed by atoms with Crippen LogP contribution in [0.15, 0.2) is 58.1 Å². The summed E-state index contributed by atoms with van der Waals surface area (Å²) < 4.78 is 5.15. The number of carbonyl (C=O) groups excluding carboxylic acids is 1. The fourth-order valence-corrected chi connectivity index (χ4v) is 2.88. The zero-order valence-corrected chi connectivity index (χ0v) is 15.5. The number of hydrogen-bond donors (Lipinski definition) is 2. The third kappa shape index (κ3) is 4.52. The third-order valence-electron chi connectivity index (χ3n) is 4.32. The molecule has 0 aliphatic carbocycles. The van der Waals surface area contributed by atoms with E-state index in [2.05, 4.69) is 30.4 Å². The smallest absolute Gasteiger partial charge is 0.258 e. The number of aromatic nitrogens is 5. The van der Waals surface area contributed by atoms with Crippen molar-refractivity contribution in [2.24, 2.45) is 0 Å². The summed E-state index contributed by atoms with van der Waals surface area (Å²) in [5, 5.41) is 7.20. The van der Waals surface area contributed by atoms with E-state index >= 15 is 0 Å². The molecule has 0 aliphatic heterocycles. The number of fused-ring (bicyclic) bond motifs is 1. The van der Waals surface area contributed by atoms with Crippen LogP contribution in [0.2, 0.25) is 0 Å². The van der Waals surface area contributed by atoms with Crippen molar-refractivity contribution in [1.82, 2.24) is 30.4 Å². The Bertz CT molecular complexity index is 1190. The largest absolute Gasteiger partial charge is 0.347 e. The summed E-state index contributed by atoms with van der Waals surface area (Å²) in [7, 11) is 0. The van der Waals surface area contributed by atoms with Crippen LogP contribution in [0.1, 0.15) is 24.6 Å². The number of pyridine rings is 1. The standard InChI is InChI=1S/C20H18N6O3/c27-17(22-12-18-25-19(26-29-18)13-8-10-21-11-9-13)7-3-6-16-23-15-5-2-1-4-14(15)20(28)24-16/h1-2,4-5,8-11H,3,6-7,12H2,(H,22,27)(H,23,24,28). The predicted octanol–water partition coefficient (Wildman–Crippen LogP) is 2.01. The molecular weight excluding hydrogens is 372 g/mol. The van der Waals surface area contributed by atoms with Gasteiger partial charge in [-0.05, 0) is 30.7 Å². The highest BCUT2D eigenvalue weighted by atomic mass is 16.5. The molecule has 0 radical (unpaired) electrons. The van der Waals surface area contributed by atoms with Gasteiger partial charge in [-0.25, -0.2) is 4.98 Å². The molecule has 4 aromatic rings. The molecule has 0 bridgehead atoms. The molecule has 9 nitrogen and oxygen atoms in total. The second-order valence-corrected chi connectivity index (χ2v) is 6.41. The lowest BCUT2D eigenvalue weighted by Gasteiger charge is -2.04. The van der Waals surface area contributed by atoms with Crippen LogP contribution in [0, 0.1) is 0 Å². The van der Waals surface area contributed by atoms with Crippen molar-refractivity contribution in [1.29, 1.82) is 0 Å². The normalized spacial score (nSPS) is 10.9. The molecule has 1 amide bonds. The van der Waals surface area contributed by atoms with Gasteiger partial charge < -0.3 is 14.8 Å². The van der Waals surface area contributed by atoms with Crippen LogP contribution in [-0.4, -0.2) is 31.0 Å². The molecule has 0 aliphatic rings. The number of nitrogens with zero attached hydrogens (tertiary/aromatic N) is 4. The van der Waals surface area contributed by atoms with Gasteiger partial charge >= 0.3 is 0 Å². The van der Waals surface area contributed by atoms with Crippen molar-refractivity contribution < 1.29 is 9.32 Å². The minimum absolute atomic E-state index is 0.142. The maximum atomic E-state index is 12.1. The molecule has 3 heterocycles. The quantitative estimate of drug-likeness (QED) is 0.494. The van der Waals surface area contributed by atoms with Gasteiger partial charge in [0.1, 0.15) is 5.82 Å². The molecule has 0 spiro atoms.